The summed E-state index contributed by atoms with van der Waals surface area (Å²) >= 11 is 0. The van der Waals surface area contributed by atoms with Crippen LogP contribution in [-0.2, 0) is 0 Å². The second kappa shape index (κ2) is 6.87. The second-order valence-electron chi connectivity index (χ2n) is 5.67. The summed E-state index contributed by atoms with van der Waals surface area (Å²) < 4.78 is 0. The van der Waals surface area contributed by atoms with E-state index in [1.54, 1.807) is 0 Å². The van der Waals surface area contributed by atoms with Gasteiger partial charge in [0.2, 0.25) is 0 Å². The van der Waals surface area contributed by atoms with E-state index in [-0.39, 0.29) is 0 Å². The number of aryl methyl sites for hydroxylation is 1. The van der Waals surface area contributed by atoms with Gasteiger partial charge in [-0.05, 0) is 50.0 Å². The molecule has 1 aromatic rings. The summed E-state index contributed by atoms with van der Waals surface area (Å²) in [7, 11) is 0. The predicted molar refractivity (Wildman–Crippen MR) is 80.5 cm³/mol. The Morgan fingerprint density at radius 3 is 2.89 bits per heavy atom. The van der Waals surface area contributed by atoms with E-state index in [1.165, 1.54) is 18.5 Å². The van der Waals surface area contributed by atoms with Gasteiger partial charge in [0.1, 0.15) is 5.82 Å². The molecule has 0 aromatic carbocycles. The minimum atomic E-state index is 0.587. The van der Waals surface area contributed by atoms with Crippen molar-refractivity contribution in [1.82, 2.24) is 9.88 Å². The molecule has 2 heterocycles. The normalized spacial score (nSPS) is 19.2. The highest BCUT2D eigenvalue weighted by atomic mass is 15.2. The zero-order valence-electron chi connectivity index (χ0n) is 12.2. The molecule has 19 heavy (non-hydrogen) atoms. The van der Waals surface area contributed by atoms with Crippen LogP contribution in [0.1, 0.15) is 18.9 Å². The second-order valence-corrected chi connectivity index (χ2v) is 5.67. The van der Waals surface area contributed by atoms with Crippen LogP contribution in [0, 0.1) is 12.8 Å². The van der Waals surface area contributed by atoms with Crippen LogP contribution in [0.2, 0.25) is 0 Å². The van der Waals surface area contributed by atoms with Crippen molar-refractivity contribution in [1.29, 1.82) is 0 Å². The average molecular weight is 262 g/mol. The van der Waals surface area contributed by atoms with E-state index >= 15 is 0 Å². The number of hydrogen-bond acceptors (Lipinski definition) is 4. The third-order valence-electron chi connectivity index (χ3n) is 3.79. The van der Waals surface area contributed by atoms with Crippen molar-refractivity contribution in [3.05, 3.63) is 23.9 Å². The van der Waals surface area contributed by atoms with E-state index in [1.807, 2.05) is 6.20 Å². The third kappa shape index (κ3) is 4.18. The highest BCUT2D eigenvalue weighted by Crippen LogP contribution is 2.15. The number of nitrogens with two attached hydrogens (primary N) is 1. The van der Waals surface area contributed by atoms with E-state index in [0.29, 0.717) is 5.92 Å². The average Bonchev–Trinajstić information content (AvgIpc) is 2.64. The topological polar surface area (TPSA) is 45.4 Å². The Labute approximate surface area is 116 Å². The number of rotatable bonds is 4. The fourth-order valence-electron chi connectivity index (χ4n) is 2.59. The fraction of sp³-hybridized carbons (Fsp3) is 0.667. The molecular formula is C15H26N4. The first kappa shape index (κ1) is 14.3. The maximum absolute atomic E-state index is 5.72. The first-order valence-electron chi connectivity index (χ1n) is 7.29. The van der Waals surface area contributed by atoms with Gasteiger partial charge in [0.15, 0.2) is 0 Å². The van der Waals surface area contributed by atoms with Gasteiger partial charge in [0.05, 0.1) is 0 Å². The monoisotopic (exact) mass is 262 g/mol. The van der Waals surface area contributed by atoms with E-state index in [2.05, 4.69) is 40.8 Å². The minimum absolute atomic E-state index is 0.587. The Bertz CT molecular complexity index is 393. The molecule has 1 atom stereocenters. The fourth-order valence-corrected chi connectivity index (χ4v) is 2.59. The lowest BCUT2D eigenvalue weighted by atomic mass is 10.1. The van der Waals surface area contributed by atoms with Gasteiger partial charge in [0.25, 0.3) is 0 Å². The van der Waals surface area contributed by atoms with Gasteiger partial charge in [0, 0.05) is 32.4 Å². The minimum Gasteiger partial charge on any atom is -0.355 e. The van der Waals surface area contributed by atoms with Crippen LogP contribution < -0.4 is 10.6 Å². The molecule has 0 spiro atoms. The number of hydrogen-bond donors (Lipinski definition) is 1. The molecule has 1 saturated heterocycles. The SMILES string of the molecule is Cc1ccnc(N2CCCN(CC(C)CN)CC2)c1. The third-order valence-corrected chi connectivity index (χ3v) is 3.79. The summed E-state index contributed by atoms with van der Waals surface area (Å²) in [6, 6.07) is 4.23. The Hall–Kier alpha value is -1.13. The molecule has 1 aliphatic heterocycles. The smallest absolute Gasteiger partial charge is 0.128 e. The molecule has 1 unspecified atom stereocenters. The molecule has 2 rings (SSSR count). The lowest BCUT2D eigenvalue weighted by Gasteiger charge is -2.24. The first-order chi connectivity index (χ1) is 9.19. The van der Waals surface area contributed by atoms with Gasteiger partial charge >= 0.3 is 0 Å². The predicted octanol–water partition coefficient (Wildman–Crippen LogP) is 1.50. The Morgan fingerprint density at radius 1 is 1.32 bits per heavy atom. The molecule has 1 aliphatic rings. The summed E-state index contributed by atoms with van der Waals surface area (Å²) in [5, 5.41) is 0. The van der Waals surface area contributed by atoms with E-state index < -0.39 is 0 Å². The zero-order valence-corrected chi connectivity index (χ0v) is 12.2. The van der Waals surface area contributed by atoms with Crippen molar-refractivity contribution < 1.29 is 0 Å². The lowest BCUT2D eigenvalue weighted by Crippen LogP contribution is -2.35. The van der Waals surface area contributed by atoms with Crippen LogP contribution in [0.4, 0.5) is 5.82 Å². The Morgan fingerprint density at radius 2 is 2.16 bits per heavy atom. The van der Waals surface area contributed by atoms with Crippen LogP contribution >= 0.6 is 0 Å². The molecule has 0 radical (unpaired) electrons. The van der Waals surface area contributed by atoms with Crippen LogP contribution in [0.3, 0.4) is 0 Å². The molecule has 0 aliphatic carbocycles. The van der Waals surface area contributed by atoms with Crippen molar-refractivity contribution in [3.63, 3.8) is 0 Å². The van der Waals surface area contributed by atoms with Gasteiger partial charge in [-0.15, -0.1) is 0 Å². The summed E-state index contributed by atoms with van der Waals surface area (Å²) in [6.07, 6.45) is 3.11. The molecule has 0 bridgehead atoms. The van der Waals surface area contributed by atoms with Gasteiger partial charge in [-0.2, -0.15) is 0 Å². The van der Waals surface area contributed by atoms with Crippen LogP contribution in [0.15, 0.2) is 18.3 Å². The highest BCUT2D eigenvalue weighted by molar-refractivity contribution is 5.40. The summed E-state index contributed by atoms with van der Waals surface area (Å²) in [4.78, 5) is 9.43. The van der Waals surface area contributed by atoms with Gasteiger partial charge in [-0.1, -0.05) is 6.92 Å². The zero-order chi connectivity index (χ0) is 13.7. The lowest BCUT2D eigenvalue weighted by molar-refractivity contribution is 0.255. The molecule has 1 fully saturated rings. The molecule has 4 heteroatoms. The van der Waals surface area contributed by atoms with E-state index in [0.717, 1.165) is 38.5 Å². The largest absolute Gasteiger partial charge is 0.355 e. The number of nitrogens with zero attached hydrogens (tertiary/aromatic N) is 3. The molecule has 1 aromatic heterocycles. The van der Waals surface area contributed by atoms with E-state index in [9.17, 15) is 0 Å². The van der Waals surface area contributed by atoms with E-state index in [4.69, 9.17) is 5.73 Å². The maximum atomic E-state index is 5.72. The quantitative estimate of drug-likeness (QED) is 0.893. The van der Waals surface area contributed by atoms with Gasteiger partial charge in [-0.25, -0.2) is 4.98 Å². The standard InChI is InChI=1S/C15H26N4/c1-13-4-5-17-15(10-13)19-7-3-6-18(8-9-19)12-14(2)11-16/h4-5,10,14H,3,6-9,11-12,16H2,1-2H3. The number of pyridine rings is 1. The van der Waals surface area contributed by atoms with Crippen molar-refractivity contribution in [2.45, 2.75) is 20.3 Å². The number of aromatic nitrogens is 1. The van der Waals surface area contributed by atoms with Crippen molar-refractivity contribution in [2.24, 2.45) is 11.7 Å². The molecular weight excluding hydrogens is 236 g/mol. The first-order valence-corrected chi connectivity index (χ1v) is 7.29. The molecule has 106 valence electrons. The van der Waals surface area contributed by atoms with Crippen LogP contribution in [-0.4, -0.2) is 49.2 Å². The Balaban J connectivity index is 1.93. The maximum Gasteiger partial charge on any atom is 0.128 e. The molecule has 4 nitrogen and oxygen atoms in total. The van der Waals surface area contributed by atoms with Gasteiger partial charge in [-0.3, -0.25) is 0 Å². The van der Waals surface area contributed by atoms with Crippen LogP contribution in [0.25, 0.3) is 0 Å². The van der Waals surface area contributed by atoms with Gasteiger partial charge < -0.3 is 15.5 Å². The Kier molecular flexibility index (Phi) is 5.16. The van der Waals surface area contributed by atoms with Crippen molar-refractivity contribution >= 4 is 5.82 Å². The van der Waals surface area contributed by atoms with Crippen molar-refractivity contribution in [3.8, 4) is 0 Å². The van der Waals surface area contributed by atoms with Crippen molar-refractivity contribution in [2.75, 3.05) is 44.2 Å². The number of anilines is 1. The molecule has 2 N–H and O–H groups in total. The summed E-state index contributed by atoms with van der Waals surface area (Å²) in [5.41, 5.74) is 7.00. The summed E-state index contributed by atoms with van der Waals surface area (Å²) in [6.45, 7) is 10.7. The summed E-state index contributed by atoms with van der Waals surface area (Å²) in [5.74, 6) is 1.71. The molecule has 0 amide bonds. The highest BCUT2D eigenvalue weighted by Gasteiger charge is 2.17. The van der Waals surface area contributed by atoms with Crippen LogP contribution in [0.5, 0.6) is 0 Å². The molecule has 0 saturated carbocycles.